The van der Waals surface area contributed by atoms with Crippen LogP contribution < -0.4 is 5.63 Å². The van der Waals surface area contributed by atoms with Gasteiger partial charge in [-0.2, -0.15) is 0 Å². The van der Waals surface area contributed by atoms with Gasteiger partial charge >= 0.3 is 5.63 Å². The number of hydrogen-bond donors (Lipinski definition) is 0. The predicted octanol–water partition coefficient (Wildman–Crippen LogP) is 3.09. The monoisotopic (exact) mass is 256 g/mol. The molecule has 18 heavy (non-hydrogen) atoms. The first kappa shape index (κ1) is 10.9. The third-order valence-electron chi connectivity index (χ3n) is 2.64. The maximum absolute atomic E-state index is 12.3. The van der Waals surface area contributed by atoms with Crippen molar-refractivity contribution in [2.24, 2.45) is 0 Å². The molecule has 3 aromatic rings. The second-order valence-electron chi connectivity index (χ2n) is 3.78. The zero-order chi connectivity index (χ0) is 12.5. The van der Waals surface area contributed by atoms with Crippen LogP contribution in [0.2, 0.25) is 0 Å². The van der Waals surface area contributed by atoms with E-state index in [9.17, 15) is 9.59 Å². The number of carbonyl (C=O) groups is 1. The third-order valence-corrected chi connectivity index (χ3v) is 3.51. The lowest BCUT2D eigenvalue weighted by Crippen LogP contribution is -2.06. The van der Waals surface area contributed by atoms with Gasteiger partial charge in [0.25, 0.3) is 0 Å². The smallest absolute Gasteiger partial charge is 0.336 e. The topological polar surface area (TPSA) is 47.3 Å². The van der Waals surface area contributed by atoms with E-state index in [4.69, 9.17) is 4.42 Å². The molecule has 0 radical (unpaired) electrons. The van der Waals surface area contributed by atoms with Crippen molar-refractivity contribution >= 4 is 28.1 Å². The highest BCUT2D eigenvalue weighted by molar-refractivity contribution is 7.12. The van der Waals surface area contributed by atoms with E-state index < -0.39 is 5.63 Å². The summed E-state index contributed by atoms with van der Waals surface area (Å²) in [6, 6.07) is 11.9. The standard InChI is InChI=1S/C14H8O3S/c15-13-8-10(14(16)12-6-3-7-18-12)9-4-1-2-5-11(9)17-13/h1-8H. The summed E-state index contributed by atoms with van der Waals surface area (Å²) >= 11 is 1.36. The molecule has 0 aliphatic heterocycles. The molecule has 0 spiro atoms. The molecule has 88 valence electrons. The summed E-state index contributed by atoms with van der Waals surface area (Å²) < 4.78 is 5.07. The minimum atomic E-state index is -0.506. The molecule has 2 heterocycles. The van der Waals surface area contributed by atoms with Crippen LogP contribution in [0.1, 0.15) is 15.2 Å². The Kier molecular flexibility index (Phi) is 2.57. The van der Waals surface area contributed by atoms with Gasteiger partial charge in [0.1, 0.15) is 5.58 Å². The van der Waals surface area contributed by atoms with Crippen LogP contribution >= 0.6 is 11.3 Å². The summed E-state index contributed by atoms with van der Waals surface area (Å²) in [6.45, 7) is 0. The van der Waals surface area contributed by atoms with Crippen molar-refractivity contribution in [3.63, 3.8) is 0 Å². The highest BCUT2D eigenvalue weighted by atomic mass is 32.1. The fourth-order valence-corrected chi connectivity index (χ4v) is 2.52. The second kappa shape index (κ2) is 4.23. The molecule has 0 amide bonds. The number of benzene rings is 1. The molecule has 0 aliphatic carbocycles. The van der Waals surface area contributed by atoms with Crippen LogP contribution in [-0.4, -0.2) is 5.78 Å². The Hall–Kier alpha value is -2.20. The molecule has 1 aromatic carbocycles. The minimum absolute atomic E-state index is 0.144. The second-order valence-corrected chi connectivity index (χ2v) is 4.73. The lowest BCUT2D eigenvalue weighted by molar-refractivity contribution is 0.104. The molecule has 0 N–H and O–H groups in total. The summed E-state index contributed by atoms with van der Waals surface area (Å²) in [7, 11) is 0. The van der Waals surface area contributed by atoms with E-state index in [-0.39, 0.29) is 5.78 Å². The number of rotatable bonds is 2. The number of ketones is 1. The van der Waals surface area contributed by atoms with Gasteiger partial charge in [0.05, 0.1) is 4.88 Å². The van der Waals surface area contributed by atoms with Crippen LogP contribution in [0.25, 0.3) is 11.0 Å². The average Bonchev–Trinajstić information content (AvgIpc) is 2.90. The van der Waals surface area contributed by atoms with E-state index in [1.807, 2.05) is 17.5 Å². The van der Waals surface area contributed by atoms with Crippen molar-refractivity contribution in [1.29, 1.82) is 0 Å². The van der Waals surface area contributed by atoms with Crippen LogP contribution in [0.3, 0.4) is 0 Å². The van der Waals surface area contributed by atoms with Crippen molar-refractivity contribution in [3.05, 3.63) is 68.7 Å². The first-order valence-electron chi connectivity index (χ1n) is 5.37. The number of thiophene rings is 1. The third kappa shape index (κ3) is 1.76. The lowest BCUT2D eigenvalue weighted by Gasteiger charge is -2.02. The Morgan fingerprint density at radius 1 is 1.11 bits per heavy atom. The van der Waals surface area contributed by atoms with Gasteiger partial charge in [-0.15, -0.1) is 11.3 Å². The summed E-state index contributed by atoms with van der Waals surface area (Å²) in [5, 5.41) is 2.50. The highest BCUT2D eigenvalue weighted by Gasteiger charge is 2.15. The van der Waals surface area contributed by atoms with Crippen molar-refractivity contribution in [1.82, 2.24) is 0 Å². The van der Waals surface area contributed by atoms with E-state index in [0.29, 0.717) is 21.4 Å². The SMILES string of the molecule is O=C(c1cccs1)c1cc(=O)oc2ccccc12. The van der Waals surface area contributed by atoms with Crippen LogP contribution in [-0.2, 0) is 0 Å². The predicted molar refractivity (Wildman–Crippen MR) is 70.2 cm³/mol. The quantitative estimate of drug-likeness (QED) is 0.523. The number of para-hydroxylation sites is 1. The fourth-order valence-electron chi connectivity index (χ4n) is 1.84. The van der Waals surface area contributed by atoms with Gasteiger partial charge in [0.2, 0.25) is 5.78 Å². The van der Waals surface area contributed by atoms with Gasteiger partial charge in [-0.05, 0) is 17.5 Å². The first-order chi connectivity index (χ1) is 8.75. The Morgan fingerprint density at radius 2 is 1.94 bits per heavy atom. The Balaban J connectivity index is 2.29. The van der Waals surface area contributed by atoms with Crippen LogP contribution in [0, 0.1) is 0 Å². The molecule has 3 rings (SSSR count). The molecule has 0 bridgehead atoms. The molecule has 3 nitrogen and oxygen atoms in total. The van der Waals surface area contributed by atoms with Crippen molar-refractivity contribution in [3.8, 4) is 0 Å². The molecular formula is C14H8O3S. The highest BCUT2D eigenvalue weighted by Crippen LogP contribution is 2.21. The van der Waals surface area contributed by atoms with Gasteiger partial charge in [0, 0.05) is 17.0 Å². The molecule has 2 aromatic heterocycles. The number of hydrogen-bond acceptors (Lipinski definition) is 4. The average molecular weight is 256 g/mol. The first-order valence-corrected chi connectivity index (χ1v) is 6.25. The van der Waals surface area contributed by atoms with Crippen molar-refractivity contribution in [2.45, 2.75) is 0 Å². The Labute approximate surface area is 106 Å². The van der Waals surface area contributed by atoms with Crippen LogP contribution in [0.4, 0.5) is 0 Å². The van der Waals surface area contributed by atoms with E-state index in [0.717, 1.165) is 0 Å². The molecule has 0 aliphatic rings. The van der Waals surface area contributed by atoms with E-state index in [1.54, 1.807) is 24.3 Å². The summed E-state index contributed by atoms with van der Waals surface area (Å²) in [6.07, 6.45) is 0. The maximum atomic E-state index is 12.3. The van der Waals surface area contributed by atoms with Crippen molar-refractivity contribution < 1.29 is 9.21 Å². The van der Waals surface area contributed by atoms with Gasteiger partial charge in [-0.3, -0.25) is 4.79 Å². The summed E-state index contributed by atoms with van der Waals surface area (Å²) in [5.74, 6) is -0.144. The Bertz CT molecular complexity index is 769. The van der Waals surface area contributed by atoms with Gasteiger partial charge in [-0.1, -0.05) is 24.3 Å². The fraction of sp³-hybridized carbons (Fsp3) is 0. The molecule has 0 saturated heterocycles. The summed E-state index contributed by atoms with van der Waals surface area (Å²) in [5.41, 5.74) is 0.322. The van der Waals surface area contributed by atoms with Crippen LogP contribution in [0.5, 0.6) is 0 Å². The van der Waals surface area contributed by atoms with E-state index >= 15 is 0 Å². The molecule has 0 unspecified atom stereocenters. The van der Waals surface area contributed by atoms with Crippen LogP contribution in [0.15, 0.2) is 57.1 Å². The van der Waals surface area contributed by atoms with Gasteiger partial charge < -0.3 is 4.42 Å². The number of carbonyl (C=O) groups excluding carboxylic acids is 1. The summed E-state index contributed by atoms with van der Waals surface area (Å²) in [4.78, 5) is 24.4. The molecule has 0 atom stereocenters. The maximum Gasteiger partial charge on any atom is 0.336 e. The molecule has 0 saturated carbocycles. The number of fused-ring (bicyclic) bond motifs is 1. The van der Waals surface area contributed by atoms with Gasteiger partial charge in [-0.25, -0.2) is 4.79 Å². The lowest BCUT2D eigenvalue weighted by atomic mass is 10.1. The minimum Gasteiger partial charge on any atom is -0.423 e. The zero-order valence-corrected chi connectivity index (χ0v) is 10.1. The van der Waals surface area contributed by atoms with E-state index in [1.165, 1.54) is 17.4 Å². The van der Waals surface area contributed by atoms with Gasteiger partial charge in [0.15, 0.2) is 0 Å². The molecule has 4 heteroatoms. The largest absolute Gasteiger partial charge is 0.423 e. The van der Waals surface area contributed by atoms with Crippen molar-refractivity contribution in [2.75, 3.05) is 0 Å². The molecule has 0 fully saturated rings. The Morgan fingerprint density at radius 3 is 2.72 bits per heavy atom. The normalized spacial score (nSPS) is 10.7. The zero-order valence-electron chi connectivity index (χ0n) is 9.25. The molecular weight excluding hydrogens is 248 g/mol. The van der Waals surface area contributed by atoms with E-state index in [2.05, 4.69) is 0 Å².